The first-order chi connectivity index (χ1) is 13.0. The predicted octanol–water partition coefficient (Wildman–Crippen LogP) is 3.43. The second-order valence-electron chi connectivity index (χ2n) is 5.42. The van der Waals surface area contributed by atoms with Gasteiger partial charge in [0, 0.05) is 5.69 Å². The Labute approximate surface area is 156 Å². The minimum atomic E-state index is -0.719. The van der Waals surface area contributed by atoms with Gasteiger partial charge in [-0.15, -0.1) is 0 Å². The molecule has 27 heavy (non-hydrogen) atoms. The van der Waals surface area contributed by atoms with Crippen molar-refractivity contribution in [1.29, 1.82) is 0 Å². The molecule has 6 nitrogen and oxygen atoms in total. The van der Waals surface area contributed by atoms with Gasteiger partial charge in [-0.05, 0) is 42.8 Å². The van der Waals surface area contributed by atoms with Crippen LogP contribution < -0.4 is 14.8 Å². The Hall–Kier alpha value is -3.35. The van der Waals surface area contributed by atoms with E-state index in [0.717, 1.165) is 11.6 Å². The molecule has 2 rings (SSSR count). The van der Waals surface area contributed by atoms with Crippen LogP contribution in [0.2, 0.25) is 0 Å². The van der Waals surface area contributed by atoms with Crippen LogP contribution in [-0.4, -0.2) is 32.2 Å². The molecule has 0 spiro atoms. The summed E-state index contributed by atoms with van der Waals surface area (Å²) in [5.41, 5.74) is 1.21. The third kappa shape index (κ3) is 6.47. The zero-order valence-corrected chi connectivity index (χ0v) is 15.0. The third-order valence-electron chi connectivity index (χ3n) is 3.36. The molecule has 0 heterocycles. The zero-order valence-electron chi connectivity index (χ0n) is 15.0. The molecule has 0 unspecified atom stereocenters. The number of benzene rings is 2. The highest BCUT2D eigenvalue weighted by atomic mass is 19.1. The van der Waals surface area contributed by atoms with E-state index in [9.17, 15) is 14.0 Å². The number of carbonyl (C=O) groups is 2. The number of ether oxygens (including phenoxy) is 3. The molecule has 142 valence electrons. The van der Waals surface area contributed by atoms with E-state index < -0.39 is 24.3 Å². The molecule has 0 fully saturated rings. The van der Waals surface area contributed by atoms with Crippen molar-refractivity contribution >= 4 is 23.6 Å². The molecule has 1 N–H and O–H groups in total. The fraction of sp³-hybridized carbons (Fsp3) is 0.200. The van der Waals surface area contributed by atoms with Crippen LogP contribution in [0.1, 0.15) is 12.5 Å². The van der Waals surface area contributed by atoms with Crippen molar-refractivity contribution in [2.24, 2.45) is 0 Å². The molecule has 0 saturated heterocycles. The Morgan fingerprint density at radius 3 is 2.63 bits per heavy atom. The lowest BCUT2D eigenvalue weighted by Crippen LogP contribution is -2.23. The van der Waals surface area contributed by atoms with Crippen LogP contribution >= 0.6 is 0 Å². The minimum Gasteiger partial charge on any atom is -0.493 e. The summed E-state index contributed by atoms with van der Waals surface area (Å²) in [4.78, 5) is 23.5. The molecule has 2 aromatic carbocycles. The van der Waals surface area contributed by atoms with Crippen molar-refractivity contribution in [2.45, 2.75) is 6.92 Å². The van der Waals surface area contributed by atoms with E-state index in [0.29, 0.717) is 11.5 Å². The van der Waals surface area contributed by atoms with E-state index in [1.54, 1.807) is 12.1 Å². The Balaban J connectivity index is 1.81. The monoisotopic (exact) mass is 373 g/mol. The average Bonchev–Trinajstić information content (AvgIpc) is 2.65. The number of nitrogens with one attached hydrogen (secondary N) is 1. The van der Waals surface area contributed by atoms with E-state index in [1.165, 1.54) is 25.3 Å². The van der Waals surface area contributed by atoms with Crippen molar-refractivity contribution in [3.63, 3.8) is 0 Å². The van der Waals surface area contributed by atoms with Crippen molar-refractivity contribution < 1.29 is 28.2 Å². The SMILES string of the molecule is C/C=C/c1ccc(OCC(=O)OCC(=O)Nc2cccc(F)c2)c(OC)c1. The first-order valence-corrected chi connectivity index (χ1v) is 8.16. The molecule has 1 amide bonds. The molecule has 0 saturated carbocycles. The van der Waals surface area contributed by atoms with Crippen LogP contribution in [-0.2, 0) is 14.3 Å². The molecular formula is C20H20FNO5. The predicted molar refractivity (Wildman–Crippen MR) is 99.2 cm³/mol. The number of halogens is 1. The zero-order chi connectivity index (χ0) is 19.6. The molecular weight excluding hydrogens is 353 g/mol. The van der Waals surface area contributed by atoms with Gasteiger partial charge in [-0.2, -0.15) is 0 Å². The fourth-order valence-corrected chi connectivity index (χ4v) is 2.19. The highest BCUT2D eigenvalue weighted by molar-refractivity contribution is 5.92. The van der Waals surface area contributed by atoms with E-state index in [4.69, 9.17) is 14.2 Å². The lowest BCUT2D eigenvalue weighted by molar-refractivity contribution is -0.149. The number of carbonyl (C=O) groups excluding carboxylic acids is 2. The fourth-order valence-electron chi connectivity index (χ4n) is 2.19. The van der Waals surface area contributed by atoms with Gasteiger partial charge < -0.3 is 19.5 Å². The highest BCUT2D eigenvalue weighted by Crippen LogP contribution is 2.28. The Kier molecular flexibility index (Phi) is 7.37. The highest BCUT2D eigenvalue weighted by Gasteiger charge is 2.11. The smallest absolute Gasteiger partial charge is 0.344 e. The first-order valence-electron chi connectivity index (χ1n) is 8.16. The van der Waals surface area contributed by atoms with Crippen molar-refractivity contribution in [3.05, 3.63) is 59.9 Å². The summed E-state index contributed by atoms with van der Waals surface area (Å²) in [5, 5.41) is 2.42. The maximum Gasteiger partial charge on any atom is 0.344 e. The van der Waals surface area contributed by atoms with Crippen molar-refractivity contribution in [2.75, 3.05) is 25.6 Å². The summed E-state index contributed by atoms with van der Waals surface area (Å²) in [7, 11) is 1.50. The van der Waals surface area contributed by atoms with Crippen molar-refractivity contribution in [1.82, 2.24) is 0 Å². The molecule has 0 aliphatic rings. The van der Waals surface area contributed by atoms with Crippen LogP contribution in [0.15, 0.2) is 48.5 Å². The molecule has 0 aliphatic heterocycles. The topological polar surface area (TPSA) is 73.9 Å². The maximum atomic E-state index is 13.1. The summed E-state index contributed by atoms with van der Waals surface area (Å²) in [6.45, 7) is 1.01. The summed E-state index contributed by atoms with van der Waals surface area (Å²) in [6, 6.07) is 10.7. The van der Waals surface area contributed by atoms with Gasteiger partial charge >= 0.3 is 5.97 Å². The number of rotatable bonds is 8. The van der Waals surface area contributed by atoms with Gasteiger partial charge in [0.05, 0.1) is 7.11 Å². The first kappa shape index (κ1) is 20.0. The minimum absolute atomic E-state index is 0.276. The second-order valence-corrected chi connectivity index (χ2v) is 5.42. The lowest BCUT2D eigenvalue weighted by atomic mass is 10.2. The van der Waals surface area contributed by atoms with Crippen LogP contribution in [0, 0.1) is 5.82 Å². The normalized spacial score (nSPS) is 10.5. The molecule has 0 aromatic heterocycles. The lowest BCUT2D eigenvalue weighted by Gasteiger charge is -2.11. The Bertz CT molecular complexity index is 835. The quantitative estimate of drug-likeness (QED) is 0.718. The van der Waals surface area contributed by atoms with Gasteiger partial charge in [0.1, 0.15) is 5.82 Å². The molecule has 0 radical (unpaired) electrons. The Morgan fingerprint density at radius 2 is 1.93 bits per heavy atom. The number of anilines is 1. The maximum absolute atomic E-state index is 13.1. The van der Waals surface area contributed by atoms with E-state index in [2.05, 4.69) is 5.32 Å². The van der Waals surface area contributed by atoms with Gasteiger partial charge in [-0.1, -0.05) is 24.3 Å². The van der Waals surface area contributed by atoms with Crippen molar-refractivity contribution in [3.8, 4) is 11.5 Å². The summed E-state index contributed by atoms with van der Waals surface area (Å²) >= 11 is 0. The van der Waals surface area contributed by atoms with Crippen LogP contribution in [0.25, 0.3) is 6.08 Å². The standard InChI is InChI=1S/C20H20FNO5/c1-3-5-14-8-9-17(18(10-14)25-2)26-13-20(24)27-12-19(23)22-16-7-4-6-15(21)11-16/h3-11H,12-13H2,1-2H3,(H,22,23)/b5-3+. The number of methoxy groups -OCH3 is 1. The molecule has 0 bridgehead atoms. The van der Waals surface area contributed by atoms with Gasteiger partial charge in [0.25, 0.3) is 5.91 Å². The molecule has 0 atom stereocenters. The number of hydrogen-bond acceptors (Lipinski definition) is 5. The number of allylic oxidation sites excluding steroid dienone is 1. The summed E-state index contributed by atoms with van der Waals surface area (Å²) < 4.78 is 28.5. The van der Waals surface area contributed by atoms with Gasteiger partial charge in [-0.3, -0.25) is 4.79 Å². The molecule has 0 aliphatic carbocycles. The summed E-state index contributed by atoms with van der Waals surface area (Å²) in [5.74, 6) is -0.923. The number of esters is 1. The Morgan fingerprint density at radius 1 is 1.11 bits per heavy atom. The molecule has 7 heteroatoms. The van der Waals surface area contributed by atoms with Crippen LogP contribution in [0.5, 0.6) is 11.5 Å². The third-order valence-corrected chi connectivity index (χ3v) is 3.36. The molecule has 2 aromatic rings. The van der Waals surface area contributed by atoms with E-state index >= 15 is 0 Å². The summed E-state index contributed by atoms with van der Waals surface area (Å²) in [6.07, 6.45) is 3.79. The number of hydrogen-bond donors (Lipinski definition) is 1. The largest absolute Gasteiger partial charge is 0.493 e. The average molecular weight is 373 g/mol. The van der Waals surface area contributed by atoms with Crippen LogP contribution in [0.4, 0.5) is 10.1 Å². The van der Waals surface area contributed by atoms with Crippen LogP contribution in [0.3, 0.4) is 0 Å². The van der Waals surface area contributed by atoms with E-state index in [1.807, 2.05) is 25.1 Å². The number of amides is 1. The van der Waals surface area contributed by atoms with Gasteiger partial charge in [0.15, 0.2) is 24.7 Å². The second kappa shape index (κ2) is 9.96. The van der Waals surface area contributed by atoms with Gasteiger partial charge in [-0.25, -0.2) is 9.18 Å². The van der Waals surface area contributed by atoms with E-state index in [-0.39, 0.29) is 12.3 Å². The van der Waals surface area contributed by atoms with Gasteiger partial charge in [0.2, 0.25) is 0 Å².